The van der Waals surface area contributed by atoms with Gasteiger partial charge < -0.3 is 10.2 Å². The molecule has 1 aromatic carbocycles. The third-order valence-electron chi connectivity index (χ3n) is 3.16. The number of carbonyl (C=O) groups is 1. The number of carbonyl (C=O) groups excluding carboxylic acids is 1. The zero-order chi connectivity index (χ0) is 12.6. The van der Waals surface area contributed by atoms with Gasteiger partial charge in [-0.3, -0.25) is 4.79 Å². The van der Waals surface area contributed by atoms with Crippen LogP contribution >= 0.6 is 0 Å². The van der Waals surface area contributed by atoms with Gasteiger partial charge in [0.25, 0.3) is 0 Å². The van der Waals surface area contributed by atoms with Crippen LogP contribution < -0.4 is 10.2 Å². The summed E-state index contributed by atoms with van der Waals surface area (Å²) in [5, 5.41) is 3.34. The van der Waals surface area contributed by atoms with E-state index in [-0.39, 0.29) is 23.9 Å². The van der Waals surface area contributed by atoms with E-state index in [0.717, 1.165) is 11.4 Å². The van der Waals surface area contributed by atoms with Crippen molar-refractivity contribution in [3.8, 4) is 0 Å². The molecule has 0 fully saturated rings. The molecule has 0 radical (unpaired) electrons. The van der Waals surface area contributed by atoms with Crippen molar-refractivity contribution in [1.82, 2.24) is 0 Å². The molecule has 0 saturated heterocycles. The summed E-state index contributed by atoms with van der Waals surface area (Å²) in [5.74, 6) is 0.464. The number of hydrogen-bond donors (Lipinski definition) is 1. The molecule has 0 spiro atoms. The Bertz CT molecular complexity index is 426. The van der Waals surface area contributed by atoms with E-state index in [4.69, 9.17) is 0 Å². The van der Waals surface area contributed by atoms with Crippen LogP contribution in [0.4, 0.5) is 11.4 Å². The Hall–Kier alpha value is -1.51. The maximum absolute atomic E-state index is 12.4. The number of nitrogens with zero attached hydrogens (tertiary/aromatic N) is 1. The van der Waals surface area contributed by atoms with Crippen LogP contribution in [0.3, 0.4) is 0 Å². The van der Waals surface area contributed by atoms with E-state index in [2.05, 4.69) is 33.0 Å². The van der Waals surface area contributed by atoms with Crippen molar-refractivity contribution < 1.29 is 4.79 Å². The van der Waals surface area contributed by atoms with Crippen molar-refractivity contribution in [3.05, 3.63) is 24.3 Å². The van der Waals surface area contributed by atoms with E-state index >= 15 is 0 Å². The summed E-state index contributed by atoms with van der Waals surface area (Å²) >= 11 is 0. The minimum Gasteiger partial charge on any atom is -0.372 e. The Morgan fingerprint density at radius 1 is 1.18 bits per heavy atom. The molecule has 1 aromatic rings. The van der Waals surface area contributed by atoms with Crippen LogP contribution in [0.5, 0.6) is 0 Å². The molecule has 92 valence electrons. The first-order chi connectivity index (χ1) is 8.02. The van der Waals surface area contributed by atoms with Gasteiger partial charge >= 0.3 is 0 Å². The van der Waals surface area contributed by atoms with Crippen LogP contribution in [0.15, 0.2) is 24.3 Å². The van der Waals surface area contributed by atoms with Crippen molar-refractivity contribution in [2.45, 2.75) is 39.8 Å². The Balaban J connectivity index is 2.47. The molecule has 0 aliphatic carbocycles. The van der Waals surface area contributed by atoms with Crippen LogP contribution in [-0.2, 0) is 4.79 Å². The Labute approximate surface area is 103 Å². The highest BCUT2D eigenvalue weighted by Gasteiger charge is 2.35. The molecular weight excluding hydrogens is 212 g/mol. The van der Waals surface area contributed by atoms with Crippen molar-refractivity contribution in [2.24, 2.45) is 5.92 Å². The molecule has 1 unspecified atom stereocenters. The maximum Gasteiger partial charge on any atom is 0.250 e. The highest BCUT2D eigenvalue weighted by molar-refractivity contribution is 6.05. The van der Waals surface area contributed by atoms with E-state index in [1.54, 1.807) is 0 Å². The largest absolute Gasteiger partial charge is 0.372 e. The molecular formula is C14H20N2O. The van der Waals surface area contributed by atoms with Gasteiger partial charge in [0.1, 0.15) is 6.04 Å². The number of benzene rings is 1. The minimum absolute atomic E-state index is 0.118. The zero-order valence-corrected chi connectivity index (χ0v) is 10.9. The van der Waals surface area contributed by atoms with Crippen LogP contribution in [-0.4, -0.2) is 18.0 Å². The van der Waals surface area contributed by atoms with Crippen molar-refractivity contribution in [3.63, 3.8) is 0 Å². The van der Waals surface area contributed by atoms with Crippen molar-refractivity contribution in [1.29, 1.82) is 0 Å². The third kappa shape index (κ3) is 2.02. The summed E-state index contributed by atoms with van der Waals surface area (Å²) < 4.78 is 0. The summed E-state index contributed by atoms with van der Waals surface area (Å²) in [6.07, 6.45) is 0. The van der Waals surface area contributed by atoms with E-state index < -0.39 is 0 Å². The minimum atomic E-state index is -0.118. The van der Waals surface area contributed by atoms with Crippen LogP contribution in [0, 0.1) is 5.92 Å². The Kier molecular flexibility index (Phi) is 3.09. The zero-order valence-electron chi connectivity index (χ0n) is 10.9. The van der Waals surface area contributed by atoms with Crippen LogP contribution in [0.2, 0.25) is 0 Å². The standard InChI is InChI=1S/C14H20N2O/c1-9(2)13-14(17)16(10(3)4)12-8-6-5-7-11(12)15-13/h5-10,13,15H,1-4H3. The summed E-state index contributed by atoms with van der Waals surface area (Å²) in [6, 6.07) is 8.07. The lowest BCUT2D eigenvalue weighted by atomic mass is 9.98. The lowest BCUT2D eigenvalue weighted by Gasteiger charge is -2.39. The van der Waals surface area contributed by atoms with E-state index in [9.17, 15) is 4.79 Å². The van der Waals surface area contributed by atoms with Crippen LogP contribution in [0.1, 0.15) is 27.7 Å². The number of rotatable bonds is 2. The fourth-order valence-corrected chi connectivity index (χ4v) is 2.29. The van der Waals surface area contributed by atoms with Gasteiger partial charge in [-0.05, 0) is 31.9 Å². The highest BCUT2D eigenvalue weighted by Crippen LogP contribution is 2.34. The van der Waals surface area contributed by atoms with Gasteiger partial charge in [0, 0.05) is 6.04 Å². The highest BCUT2D eigenvalue weighted by atomic mass is 16.2. The van der Waals surface area contributed by atoms with Crippen molar-refractivity contribution >= 4 is 17.3 Å². The van der Waals surface area contributed by atoms with E-state index in [1.165, 1.54) is 0 Å². The molecule has 1 aliphatic heterocycles. The second kappa shape index (κ2) is 4.40. The average Bonchev–Trinajstić information content (AvgIpc) is 2.27. The molecule has 0 aromatic heterocycles. The second-order valence-electron chi connectivity index (χ2n) is 5.19. The van der Waals surface area contributed by atoms with Crippen LogP contribution in [0.25, 0.3) is 0 Å². The smallest absolute Gasteiger partial charge is 0.250 e. The summed E-state index contributed by atoms with van der Waals surface area (Å²) in [6.45, 7) is 8.25. The lowest BCUT2D eigenvalue weighted by molar-refractivity contribution is -0.120. The topological polar surface area (TPSA) is 32.3 Å². The molecule has 17 heavy (non-hydrogen) atoms. The Morgan fingerprint density at radius 2 is 1.82 bits per heavy atom. The molecule has 1 atom stereocenters. The molecule has 1 heterocycles. The summed E-state index contributed by atoms with van der Waals surface area (Å²) in [5.41, 5.74) is 2.05. The first-order valence-corrected chi connectivity index (χ1v) is 6.21. The summed E-state index contributed by atoms with van der Waals surface area (Å²) in [7, 11) is 0. The van der Waals surface area contributed by atoms with Gasteiger partial charge in [0.15, 0.2) is 0 Å². The lowest BCUT2D eigenvalue weighted by Crippen LogP contribution is -2.52. The normalized spacial score (nSPS) is 19.5. The molecule has 3 nitrogen and oxygen atoms in total. The third-order valence-corrected chi connectivity index (χ3v) is 3.16. The molecule has 3 heteroatoms. The van der Waals surface area contributed by atoms with Crippen molar-refractivity contribution in [2.75, 3.05) is 10.2 Å². The number of nitrogens with one attached hydrogen (secondary N) is 1. The number of para-hydroxylation sites is 2. The number of anilines is 2. The predicted molar refractivity (Wildman–Crippen MR) is 71.3 cm³/mol. The summed E-state index contributed by atoms with van der Waals surface area (Å²) in [4.78, 5) is 14.3. The molecule has 0 bridgehead atoms. The van der Waals surface area contributed by atoms with Gasteiger partial charge in [-0.25, -0.2) is 0 Å². The monoisotopic (exact) mass is 232 g/mol. The van der Waals surface area contributed by atoms with Gasteiger partial charge in [-0.15, -0.1) is 0 Å². The average molecular weight is 232 g/mol. The van der Waals surface area contributed by atoms with Gasteiger partial charge in [0.2, 0.25) is 5.91 Å². The predicted octanol–water partition coefficient (Wildman–Crippen LogP) is 2.88. The molecule has 0 saturated carbocycles. The Morgan fingerprint density at radius 3 is 2.41 bits per heavy atom. The number of amides is 1. The maximum atomic E-state index is 12.4. The fraction of sp³-hybridized carbons (Fsp3) is 0.500. The van der Waals surface area contributed by atoms with E-state index in [1.807, 2.05) is 29.2 Å². The molecule has 2 rings (SSSR count). The molecule has 1 amide bonds. The molecule has 1 N–H and O–H groups in total. The number of hydrogen-bond acceptors (Lipinski definition) is 2. The number of fused-ring (bicyclic) bond motifs is 1. The van der Waals surface area contributed by atoms with Gasteiger partial charge in [-0.1, -0.05) is 26.0 Å². The first kappa shape index (κ1) is 12.0. The van der Waals surface area contributed by atoms with Gasteiger partial charge in [0.05, 0.1) is 11.4 Å². The SMILES string of the molecule is CC(C)C1Nc2ccccc2N(C(C)C)C1=O. The fourth-order valence-electron chi connectivity index (χ4n) is 2.29. The quantitative estimate of drug-likeness (QED) is 0.850. The first-order valence-electron chi connectivity index (χ1n) is 6.21. The van der Waals surface area contributed by atoms with E-state index in [0.29, 0.717) is 0 Å². The van der Waals surface area contributed by atoms with Gasteiger partial charge in [-0.2, -0.15) is 0 Å². The second-order valence-corrected chi connectivity index (χ2v) is 5.19. The molecule has 1 aliphatic rings.